The van der Waals surface area contributed by atoms with Crippen LogP contribution >= 0.6 is 0 Å². The Morgan fingerprint density at radius 2 is 1.68 bits per heavy atom. The number of carboxylic acid groups (broad SMARTS) is 1. The first-order valence-corrected chi connectivity index (χ1v) is 10.5. The van der Waals surface area contributed by atoms with Crippen molar-refractivity contribution in [1.82, 2.24) is 0 Å². The van der Waals surface area contributed by atoms with Gasteiger partial charge in [0.05, 0.1) is 0 Å². The van der Waals surface area contributed by atoms with Crippen molar-refractivity contribution >= 4 is 12.3 Å². The van der Waals surface area contributed by atoms with E-state index < -0.39 is 5.97 Å². The monoisotopic (exact) mass is 386 g/mol. The van der Waals surface area contributed by atoms with Gasteiger partial charge in [-0.3, -0.25) is 4.79 Å². The maximum absolute atomic E-state index is 10.8. The smallest absolute Gasteiger partial charge is 0.328 e. The average molecular weight is 387 g/mol. The van der Waals surface area contributed by atoms with Gasteiger partial charge in [-0.15, -0.1) is 0 Å². The molecule has 3 nitrogen and oxygen atoms in total. The minimum Gasteiger partial charge on any atom is -0.478 e. The Bertz CT molecular complexity index is 672. The molecule has 0 aromatic rings. The van der Waals surface area contributed by atoms with Crippen molar-refractivity contribution in [2.45, 2.75) is 92.4 Å². The lowest BCUT2D eigenvalue weighted by Gasteiger charge is -2.35. The van der Waals surface area contributed by atoms with Crippen molar-refractivity contribution < 1.29 is 14.7 Å². The normalized spacial score (nSPS) is 18.4. The average Bonchev–Trinajstić information content (AvgIpc) is 2.59. The van der Waals surface area contributed by atoms with E-state index in [-0.39, 0.29) is 0 Å². The summed E-state index contributed by atoms with van der Waals surface area (Å²) in [6.45, 7) is 11.4. The fourth-order valence-electron chi connectivity index (χ4n) is 4.11. The summed E-state index contributed by atoms with van der Waals surface area (Å²) in [7, 11) is 0. The van der Waals surface area contributed by atoms with Crippen LogP contribution in [0.5, 0.6) is 0 Å². The highest BCUT2D eigenvalue weighted by Crippen LogP contribution is 2.42. The highest BCUT2D eigenvalue weighted by atomic mass is 16.4. The van der Waals surface area contributed by atoms with Gasteiger partial charge in [0.15, 0.2) is 0 Å². The van der Waals surface area contributed by atoms with Crippen LogP contribution < -0.4 is 0 Å². The molecule has 1 aliphatic carbocycles. The molecule has 0 saturated carbocycles. The molecule has 0 heterocycles. The van der Waals surface area contributed by atoms with Crippen LogP contribution in [0.4, 0.5) is 0 Å². The summed E-state index contributed by atoms with van der Waals surface area (Å²) in [6.07, 6.45) is 15.5. The number of hydrogen-bond acceptors (Lipinski definition) is 2. The van der Waals surface area contributed by atoms with Crippen LogP contribution in [0, 0.1) is 5.41 Å². The van der Waals surface area contributed by atoms with Crippen LogP contribution in [0.15, 0.2) is 46.1 Å². The van der Waals surface area contributed by atoms with Gasteiger partial charge in [-0.2, -0.15) is 0 Å². The number of aldehydes is 1. The molecule has 0 aromatic heterocycles. The van der Waals surface area contributed by atoms with Gasteiger partial charge in [-0.05, 0) is 89.5 Å². The largest absolute Gasteiger partial charge is 0.478 e. The molecule has 0 spiro atoms. The van der Waals surface area contributed by atoms with E-state index in [1.165, 1.54) is 36.8 Å². The molecule has 1 rings (SSSR count). The summed E-state index contributed by atoms with van der Waals surface area (Å²) in [5, 5.41) is 8.70. The van der Waals surface area contributed by atoms with Crippen LogP contribution in [0.1, 0.15) is 92.4 Å². The van der Waals surface area contributed by atoms with E-state index in [1.54, 1.807) is 11.1 Å². The van der Waals surface area contributed by atoms with Crippen LogP contribution in [0.25, 0.3) is 0 Å². The zero-order chi connectivity index (χ0) is 21.2. The first-order chi connectivity index (χ1) is 13.2. The second kappa shape index (κ2) is 11.8. The minimum absolute atomic E-state index is 0.336. The summed E-state index contributed by atoms with van der Waals surface area (Å²) in [5.74, 6) is -1.06. The molecule has 0 atom stereocenters. The van der Waals surface area contributed by atoms with Crippen molar-refractivity contribution in [2.24, 2.45) is 5.41 Å². The highest BCUT2D eigenvalue weighted by molar-refractivity contribution is 5.88. The SMILES string of the molecule is CC1=C(CC/C(C)=C/CC/C(C)=C/CC/C(C=O)=C\C(=O)O)C(C)(C)CCC1. The van der Waals surface area contributed by atoms with E-state index in [1.807, 2.05) is 0 Å². The fourth-order valence-corrected chi connectivity index (χ4v) is 4.11. The summed E-state index contributed by atoms with van der Waals surface area (Å²) >= 11 is 0. The van der Waals surface area contributed by atoms with Gasteiger partial charge in [0.25, 0.3) is 0 Å². The molecule has 1 aliphatic rings. The zero-order valence-corrected chi connectivity index (χ0v) is 18.4. The third kappa shape index (κ3) is 8.86. The number of hydrogen-bond donors (Lipinski definition) is 1. The third-order valence-corrected chi connectivity index (χ3v) is 5.87. The van der Waals surface area contributed by atoms with Gasteiger partial charge in [0.2, 0.25) is 0 Å². The van der Waals surface area contributed by atoms with Gasteiger partial charge in [-0.25, -0.2) is 4.79 Å². The Balaban J connectivity index is 2.43. The number of allylic oxidation sites excluding steroid dienone is 7. The molecule has 0 aromatic carbocycles. The second-order valence-corrected chi connectivity index (χ2v) is 8.85. The minimum atomic E-state index is -1.06. The molecular formula is C25H38O3. The molecule has 0 aliphatic heterocycles. The van der Waals surface area contributed by atoms with E-state index in [2.05, 4.69) is 46.8 Å². The van der Waals surface area contributed by atoms with E-state index in [0.29, 0.717) is 30.1 Å². The van der Waals surface area contributed by atoms with Crippen LogP contribution in [0.2, 0.25) is 0 Å². The number of carbonyl (C=O) groups is 2. The Kier molecular flexibility index (Phi) is 10.2. The van der Waals surface area contributed by atoms with Crippen LogP contribution in [0.3, 0.4) is 0 Å². The number of carbonyl (C=O) groups excluding carboxylic acids is 1. The second-order valence-electron chi connectivity index (χ2n) is 8.85. The van der Waals surface area contributed by atoms with Crippen molar-refractivity contribution in [3.63, 3.8) is 0 Å². The Hall–Kier alpha value is -1.90. The maximum Gasteiger partial charge on any atom is 0.328 e. The van der Waals surface area contributed by atoms with Crippen molar-refractivity contribution in [3.8, 4) is 0 Å². The van der Waals surface area contributed by atoms with Crippen molar-refractivity contribution in [2.75, 3.05) is 0 Å². The van der Waals surface area contributed by atoms with E-state index in [0.717, 1.165) is 25.3 Å². The lowest BCUT2D eigenvalue weighted by Crippen LogP contribution is -2.20. The molecule has 1 N–H and O–H groups in total. The van der Waals surface area contributed by atoms with E-state index in [4.69, 9.17) is 5.11 Å². The van der Waals surface area contributed by atoms with Crippen LogP contribution in [-0.4, -0.2) is 17.4 Å². The predicted octanol–water partition coefficient (Wildman–Crippen LogP) is 6.96. The Morgan fingerprint density at radius 3 is 2.25 bits per heavy atom. The van der Waals surface area contributed by atoms with Gasteiger partial charge in [-0.1, -0.05) is 48.3 Å². The zero-order valence-electron chi connectivity index (χ0n) is 18.4. The molecule has 0 bridgehead atoms. The molecule has 3 heteroatoms. The lowest BCUT2D eigenvalue weighted by atomic mass is 9.71. The molecule has 28 heavy (non-hydrogen) atoms. The van der Waals surface area contributed by atoms with Gasteiger partial charge in [0, 0.05) is 6.08 Å². The predicted molar refractivity (Wildman–Crippen MR) is 117 cm³/mol. The molecular weight excluding hydrogens is 348 g/mol. The molecule has 0 saturated heterocycles. The molecule has 0 radical (unpaired) electrons. The number of carboxylic acids is 1. The molecule has 0 unspecified atom stereocenters. The van der Waals surface area contributed by atoms with Gasteiger partial charge >= 0.3 is 5.97 Å². The Morgan fingerprint density at radius 1 is 1.07 bits per heavy atom. The third-order valence-electron chi connectivity index (χ3n) is 5.87. The molecule has 156 valence electrons. The van der Waals surface area contributed by atoms with E-state index >= 15 is 0 Å². The summed E-state index contributed by atoms with van der Waals surface area (Å²) in [5.41, 5.74) is 6.72. The Labute approximate surface area is 171 Å². The standard InChI is InChI=1S/C25H38O3/c1-19(11-7-13-22(18-26)17-24(27)28)9-6-10-20(2)14-15-23-21(3)12-8-16-25(23,4)5/h10-11,17-18H,6-9,12-16H2,1-5H3,(H,27,28)/b19-11+,20-10+,22-17+. The van der Waals surface area contributed by atoms with E-state index in [9.17, 15) is 9.59 Å². The quantitative estimate of drug-likeness (QED) is 0.237. The van der Waals surface area contributed by atoms with Gasteiger partial charge in [0.1, 0.15) is 6.29 Å². The first-order valence-electron chi connectivity index (χ1n) is 10.5. The number of rotatable bonds is 11. The fraction of sp³-hybridized carbons (Fsp3) is 0.600. The maximum atomic E-state index is 10.8. The summed E-state index contributed by atoms with van der Waals surface area (Å²) in [4.78, 5) is 21.5. The topological polar surface area (TPSA) is 54.4 Å². The number of aliphatic carboxylic acids is 1. The molecule has 0 fully saturated rings. The van der Waals surface area contributed by atoms with Gasteiger partial charge < -0.3 is 5.11 Å². The summed E-state index contributed by atoms with van der Waals surface area (Å²) in [6, 6.07) is 0. The first kappa shape index (κ1) is 24.1. The summed E-state index contributed by atoms with van der Waals surface area (Å²) < 4.78 is 0. The van der Waals surface area contributed by atoms with Crippen molar-refractivity contribution in [3.05, 3.63) is 46.1 Å². The lowest BCUT2D eigenvalue weighted by molar-refractivity contribution is -0.131. The van der Waals surface area contributed by atoms with Crippen LogP contribution in [-0.2, 0) is 9.59 Å². The van der Waals surface area contributed by atoms with Crippen molar-refractivity contribution in [1.29, 1.82) is 0 Å². The molecule has 0 amide bonds. The highest BCUT2D eigenvalue weighted by Gasteiger charge is 2.27.